The van der Waals surface area contributed by atoms with E-state index in [1.807, 2.05) is 0 Å². The number of amides is 1. The number of halogens is 1. The highest BCUT2D eigenvalue weighted by molar-refractivity contribution is 5.96. The van der Waals surface area contributed by atoms with Crippen molar-refractivity contribution in [2.45, 2.75) is 38.8 Å². The van der Waals surface area contributed by atoms with Gasteiger partial charge in [0.1, 0.15) is 0 Å². The van der Waals surface area contributed by atoms with Gasteiger partial charge in [0.2, 0.25) is 0 Å². The van der Waals surface area contributed by atoms with Crippen LogP contribution in [0.3, 0.4) is 0 Å². The number of nitro groups is 1. The number of nitro benzene ring substituents is 1. The Morgan fingerprint density at radius 2 is 2.19 bits per heavy atom. The van der Waals surface area contributed by atoms with E-state index in [1.54, 1.807) is 6.92 Å². The van der Waals surface area contributed by atoms with E-state index in [0.29, 0.717) is 17.2 Å². The molecule has 1 amide bonds. The van der Waals surface area contributed by atoms with Gasteiger partial charge in [-0.25, -0.2) is 0 Å². The Kier molecular flexibility index (Phi) is 6.11. The van der Waals surface area contributed by atoms with Crippen LogP contribution in [0, 0.1) is 17.0 Å². The summed E-state index contributed by atoms with van der Waals surface area (Å²) in [5.41, 5.74) is 1.13. The van der Waals surface area contributed by atoms with Crippen LogP contribution in [0.1, 0.15) is 35.7 Å². The Morgan fingerprint density at radius 1 is 1.48 bits per heavy atom. The molecule has 1 aromatic carbocycles. The molecule has 1 aliphatic rings. The molecule has 7 heteroatoms. The van der Waals surface area contributed by atoms with E-state index in [2.05, 4.69) is 17.6 Å². The van der Waals surface area contributed by atoms with Crippen LogP contribution in [0.15, 0.2) is 18.2 Å². The van der Waals surface area contributed by atoms with Gasteiger partial charge in [0.25, 0.3) is 11.6 Å². The summed E-state index contributed by atoms with van der Waals surface area (Å²) in [5, 5.41) is 17.0. The van der Waals surface area contributed by atoms with Gasteiger partial charge in [-0.3, -0.25) is 14.9 Å². The molecule has 0 aromatic heterocycles. The first-order valence-corrected chi connectivity index (χ1v) is 6.76. The number of aryl methyl sites for hydroxylation is 1. The van der Waals surface area contributed by atoms with Crippen molar-refractivity contribution < 1.29 is 9.72 Å². The highest BCUT2D eigenvalue weighted by atomic mass is 35.5. The molecule has 116 valence electrons. The Balaban J connectivity index is 0.00000220. The summed E-state index contributed by atoms with van der Waals surface area (Å²) in [7, 11) is 0. The van der Waals surface area contributed by atoms with Gasteiger partial charge in [-0.1, -0.05) is 0 Å². The molecule has 1 saturated heterocycles. The minimum absolute atomic E-state index is 0. The number of piperidine rings is 1. The summed E-state index contributed by atoms with van der Waals surface area (Å²) in [6.07, 6.45) is 1.81. The van der Waals surface area contributed by atoms with E-state index in [0.717, 1.165) is 19.4 Å². The maximum absolute atomic E-state index is 12.2. The van der Waals surface area contributed by atoms with Gasteiger partial charge in [-0.2, -0.15) is 0 Å². The fourth-order valence-corrected chi connectivity index (χ4v) is 2.54. The van der Waals surface area contributed by atoms with Gasteiger partial charge in [0.05, 0.1) is 4.92 Å². The molecule has 0 saturated carbocycles. The summed E-state index contributed by atoms with van der Waals surface area (Å²) in [5.74, 6) is -0.156. The first-order valence-electron chi connectivity index (χ1n) is 6.76. The third-order valence-electron chi connectivity index (χ3n) is 3.62. The van der Waals surface area contributed by atoms with E-state index >= 15 is 0 Å². The monoisotopic (exact) mass is 313 g/mol. The van der Waals surface area contributed by atoms with Crippen LogP contribution in [0.2, 0.25) is 0 Å². The highest BCUT2D eigenvalue weighted by Crippen LogP contribution is 2.18. The lowest BCUT2D eigenvalue weighted by Crippen LogP contribution is -2.46. The number of nitrogens with one attached hydrogen (secondary N) is 2. The van der Waals surface area contributed by atoms with Crippen molar-refractivity contribution in [3.63, 3.8) is 0 Å². The van der Waals surface area contributed by atoms with Crippen LogP contribution in [0.4, 0.5) is 5.69 Å². The fraction of sp³-hybridized carbons (Fsp3) is 0.500. The molecule has 1 aromatic rings. The van der Waals surface area contributed by atoms with Crippen molar-refractivity contribution in [1.82, 2.24) is 10.6 Å². The maximum Gasteiger partial charge on any atom is 0.269 e. The number of carbonyl (C=O) groups excluding carboxylic acids is 1. The molecule has 2 unspecified atom stereocenters. The second kappa shape index (κ2) is 7.38. The van der Waals surface area contributed by atoms with E-state index < -0.39 is 4.92 Å². The Labute approximate surface area is 129 Å². The van der Waals surface area contributed by atoms with Gasteiger partial charge in [-0.15, -0.1) is 12.4 Å². The topological polar surface area (TPSA) is 84.3 Å². The predicted molar refractivity (Wildman–Crippen MR) is 83.0 cm³/mol. The Hall–Kier alpha value is -1.66. The number of carbonyl (C=O) groups is 1. The molecular weight excluding hydrogens is 294 g/mol. The lowest BCUT2D eigenvalue weighted by atomic mass is 9.99. The van der Waals surface area contributed by atoms with Crippen molar-refractivity contribution in [2.75, 3.05) is 6.54 Å². The summed E-state index contributed by atoms with van der Waals surface area (Å²) in [4.78, 5) is 22.5. The predicted octanol–water partition coefficient (Wildman–Crippen LogP) is 2.20. The van der Waals surface area contributed by atoms with E-state index in [4.69, 9.17) is 0 Å². The molecule has 0 aliphatic carbocycles. The van der Waals surface area contributed by atoms with E-state index in [9.17, 15) is 14.9 Å². The molecule has 0 bridgehead atoms. The van der Waals surface area contributed by atoms with Crippen molar-refractivity contribution in [3.05, 3.63) is 39.4 Å². The summed E-state index contributed by atoms with van der Waals surface area (Å²) >= 11 is 0. The molecular formula is C14H20ClN3O3. The van der Waals surface area contributed by atoms with E-state index in [-0.39, 0.29) is 30.0 Å². The third-order valence-corrected chi connectivity index (χ3v) is 3.62. The SMILES string of the molecule is Cc1cc([N+](=O)[O-])ccc1C(=O)NC1CCNC(C)C1.Cl. The van der Waals surface area contributed by atoms with Crippen molar-refractivity contribution in [3.8, 4) is 0 Å². The number of nitrogens with zero attached hydrogens (tertiary/aromatic N) is 1. The minimum atomic E-state index is -0.455. The number of rotatable bonds is 3. The van der Waals surface area contributed by atoms with Gasteiger partial charge >= 0.3 is 0 Å². The van der Waals surface area contributed by atoms with Crippen molar-refractivity contribution in [2.24, 2.45) is 0 Å². The van der Waals surface area contributed by atoms with Gasteiger partial charge in [-0.05, 0) is 44.9 Å². The average Bonchev–Trinajstić information content (AvgIpc) is 2.38. The number of hydrogen-bond donors (Lipinski definition) is 2. The van der Waals surface area contributed by atoms with Crippen molar-refractivity contribution in [1.29, 1.82) is 0 Å². The summed E-state index contributed by atoms with van der Waals surface area (Å²) in [6, 6.07) is 4.88. The summed E-state index contributed by atoms with van der Waals surface area (Å²) in [6.45, 7) is 4.70. The van der Waals surface area contributed by atoms with Crippen molar-refractivity contribution >= 4 is 24.0 Å². The first kappa shape index (κ1) is 17.4. The van der Waals surface area contributed by atoms with Gasteiger partial charge in [0.15, 0.2) is 0 Å². The van der Waals surface area contributed by atoms with Crippen LogP contribution in [-0.4, -0.2) is 29.5 Å². The quantitative estimate of drug-likeness (QED) is 0.662. The minimum Gasteiger partial charge on any atom is -0.349 e. The lowest BCUT2D eigenvalue weighted by molar-refractivity contribution is -0.384. The van der Waals surface area contributed by atoms with Crippen LogP contribution in [-0.2, 0) is 0 Å². The molecule has 1 aliphatic heterocycles. The number of non-ortho nitro benzene ring substituents is 1. The van der Waals surface area contributed by atoms with Gasteiger partial charge < -0.3 is 10.6 Å². The fourth-order valence-electron chi connectivity index (χ4n) is 2.54. The smallest absolute Gasteiger partial charge is 0.269 e. The van der Waals surface area contributed by atoms with Crippen LogP contribution >= 0.6 is 12.4 Å². The zero-order valence-electron chi connectivity index (χ0n) is 12.1. The molecule has 1 fully saturated rings. The van der Waals surface area contributed by atoms with Crippen LogP contribution in [0.25, 0.3) is 0 Å². The van der Waals surface area contributed by atoms with Crippen LogP contribution < -0.4 is 10.6 Å². The third kappa shape index (κ3) is 4.41. The molecule has 2 N–H and O–H groups in total. The number of benzene rings is 1. The largest absolute Gasteiger partial charge is 0.349 e. The zero-order valence-corrected chi connectivity index (χ0v) is 12.9. The Bertz CT molecular complexity index is 536. The average molecular weight is 314 g/mol. The summed E-state index contributed by atoms with van der Waals surface area (Å²) < 4.78 is 0. The Morgan fingerprint density at radius 3 is 2.76 bits per heavy atom. The molecule has 21 heavy (non-hydrogen) atoms. The molecule has 1 heterocycles. The van der Waals surface area contributed by atoms with Crippen LogP contribution in [0.5, 0.6) is 0 Å². The highest BCUT2D eigenvalue weighted by Gasteiger charge is 2.21. The second-order valence-corrected chi connectivity index (χ2v) is 5.31. The molecule has 2 atom stereocenters. The molecule has 6 nitrogen and oxygen atoms in total. The standard InChI is InChI=1S/C14H19N3O3.ClH/c1-9-7-12(17(19)20)3-4-13(9)14(18)16-11-5-6-15-10(2)8-11;/h3-4,7,10-11,15H,5-6,8H2,1-2H3,(H,16,18);1H. The maximum atomic E-state index is 12.2. The lowest BCUT2D eigenvalue weighted by Gasteiger charge is -2.28. The first-order chi connectivity index (χ1) is 9.47. The molecule has 2 rings (SSSR count). The normalized spacial score (nSPS) is 21.2. The van der Waals surface area contributed by atoms with Gasteiger partial charge in [0, 0.05) is 29.8 Å². The molecule has 0 spiro atoms. The second-order valence-electron chi connectivity index (χ2n) is 5.31. The zero-order chi connectivity index (χ0) is 14.7. The van der Waals surface area contributed by atoms with E-state index in [1.165, 1.54) is 18.2 Å². The molecule has 0 radical (unpaired) electrons. The number of hydrogen-bond acceptors (Lipinski definition) is 4.